The fraction of sp³-hybridized carbons (Fsp3) is 0.462. The van der Waals surface area contributed by atoms with E-state index in [9.17, 15) is 4.79 Å². The van der Waals surface area contributed by atoms with Gasteiger partial charge in [0, 0.05) is 18.7 Å². The lowest BCUT2D eigenvalue weighted by molar-refractivity contribution is 0.112. The third kappa shape index (κ3) is 2.76. The second-order valence-corrected chi connectivity index (χ2v) is 4.32. The van der Waals surface area contributed by atoms with Crippen LogP contribution in [0.5, 0.6) is 0 Å². The standard InChI is InChI=1S/C13H18ClNO/c1-4-11(5-2)15(3)13-7-6-10(9-16)8-12(13)14/h6-9,11H,4-5H2,1-3H3. The Labute approximate surface area is 102 Å². The third-order valence-electron chi connectivity index (χ3n) is 2.98. The summed E-state index contributed by atoms with van der Waals surface area (Å²) in [6.07, 6.45) is 2.98. The molecule has 0 fully saturated rings. The second kappa shape index (κ2) is 5.90. The highest BCUT2D eigenvalue weighted by molar-refractivity contribution is 6.33. The van der Waals surface area contributed by atoms with E-state index in [0.29, 0.717) is 16.6 Å². The molecule has 0 N–H and O–H groups in total. The average Bonchev–Trinajstić information content (AvgIpc) is 2.30. The van der Waals surface area contributed by atoms with E-state index >= 15 is 0 Å². The fourth-order valence-corrected chi connectivity index (χ4v) is 2.24. The zero-order valence-corrected chi connectivity index (χ0v) is 10.8. The van der Waals surface area contributed by atoms with Gasteiger partial charge in [0.25, 0.3) is 0 Å². The first-order valence-electron chi connectivity index (χ1n) is 5.61. The number of halogens is 1. The van der Waals surface area contributed by atoms with Crippen LogP contribution in [-0.4, -0.2) is 19.4 Å². The highest BCUT2D eigenvalue weighted by Crippen LogP contribution is 2.28. The van der Waals surface area contributed by atoms with Crippen LogP contribution in [0.1, 0.15) is 37.0 Å². The molecule has 1 aromatic carbocycles. The van der Waals surface area contributed by atoms with E-state index in [1.165, 1.54) is 0 Å². The summed E-state index contributed by atoms with van der Waals surface area (Å²) in [6.45, 7) is 4.33. The van der Waals surface area contributed by atoms with E-state index in [4.69, 9.17) is 11.6 Å². The molecule has 16 heavy (non-hydrogen) atoms. The quantitative estimate of drug-likeness (QED) is 0.729. The van der Waals surface area contributed by atoms with Gasteiger partial charge in [0.1, 0.15) is 6.29 Å². The highest BCUT2D eigenvalue weighted by atomic mass is 35.5. The molecule has 0 aliphatic heterocycles. The van der Waals surface area contributed by atoms with Crippen LogP contribution in [0.3, 0.4) is 0 Å². The van der Waals surface area contributed by atoms with Gasteiger partial charge in [0.15, 0.2) is 0 Å². The Balaban J connectivity index is 2.99. The molecule has 0 saturated carbocycles. The molecular weight excluding hydrogens is 222 g/mol. The molecule has 0 radical (unpaired) electrons. The Hall–Kier alpha value is -1.02. The van der Waals surface area contributed by atoms with Gasteiger partial charge in [-0.1, -0.05) is 25.4 Å². The number of aldehydes is 1. The van der Waals surface area contributed by atoms with Gasteiger partial charge in [-0.05, 0) is 31.0 Å². The molecule has 0 saturated heterocycles. The fourth-order valence-electron chi connectivity index (χ4n) is 1.92. The van der Waals surface area contributed by atoms with Crippen LogP contribution < -0.4 is 4.90 Å². The lowest BCUT2D eigenvalue weighted by Crippen LogP contribution is -2.30. The van der Waals surface area contributed by atoms with E-state index in [2.05, 4.69) is 18.7 Å². The Bertz CT molecular complexity index is 361. The highest BCUT2D eigenvalue weighted by Gasteiger charge is 2.13. The van der Waals surface area contributed by atoms with E-state index < -0.39 is 0 Å². The van der Waals surface area contributed by atoms with Crippen molar-refractivity contribution in [3.63, 3.8) is 0 Å². The summed E-state index contributed by atoms with van der Waals surface area (Å²) in [7, 11) is 2.04. The summed E-state index contributed by atoms with van der Waals surface area (Å²) in [5, 5.41) is 0.638. The van der Waals surface area contributed by atoms with Gasteiger partial charge in [-0.15, -0.1) is 0 Å². The van der Waals surface area contributed by atoms with Crippen molar-refractivity contribution in [1.82, 2.24) is 0 Å². The number of nitrogens with zero attached hydrogens (tertiary/aromatic N) is 1. The minimum atomic E-state index is 0.486. The van der Waals surface area contributed by atoms with Crippen LogP contribution in [0.25, 0.3) is 0 Å². The first kappa shape index (κ1) is 13.0. The van der Waals surface area contributed by atoms with Gasteiger partial charge in [-0.25, -0.2) is 0 Å². The van der Waals surface area contributed by atoms with Crippen LogP contribution in [0.15, 0.2) is 18.2 Å². The Morgan fingerprint density at radius 3 is 2.44 bits per heavy atom. The van der Waals surface area contributed by atoms with Crippen molar-refractivity contribution < 1.29 is 4.79 Å². The molecule has 0 aliphatic carbocycles. The molecule has 0 aromatic heterocycles. The number of carbonyl (C=O) groups excluding carboxylic acids is 1. The summed E-state index contributed by atoms with van der Waals surface area (Å²) in [6, 6.07) is 5.90. The first-order valence-corrected chi connectivity index (χ1v) is 5.99. The molecule has 1 aromatic rings. The molecule has 0 spiro atoms. The molecule has 88 valence electrons. The molecule has 0 heterocycles. The summed E-state index contributed by atoms with van der Waals surface area (Å²) in [5.74, 6) is 0. The number of hydrogen-bond donors (Lipinski definition) is 0. The van der Waals surface area contributed by atoms with Gasteiger partial charge in [0.2, 0.25) is 0 Å². The zero-order chi connectivity index (χ0) is 12.1. The number of rotatable bonds is 5. The SMILES string of the molecule is CCC(CC)N(C)c1ccc(C=O)cc1Cl. The summed E-state index contributed by atoms with van der Waals surface area (Å²) >= 11 is 6.16. The van der Waals surface area contributed by atoms with Crippen molar-refractivity contribution in [3.8, 4) is 0 Å². The van der Waals surface area contributed by atoms with Crippen LogP contribution >= 0.6 is 11.6 Å². The van der Waals surface area contributed by atoms with Gasteiger partial charge < -0.3 is 4.90 Å². The number of carbonyl (C=O) groups is 1. The predicted molar refractivity (Wildman–Crippen MR) is 69.6 cm³/mol. The van der Waals surface area contributed by atoms with Crippen LogP contribution in [0.4, 0.5) is 5.69 Å². The Morgan fingerprint density at radius 1 is 1.38 bits per heavy atom. The number of hydrogen-bond acceptors (Lipinski definition) is 2. The Kier molecular flexibility index (Phi) is 4.81. The molecule has 0 atom stereocenters. The van der Waals surface area contributed by atoms with Gasteiger partial charge >= 0.3 is 0 Å². The maximum atomic E-state index is 10.6. The maximum Gasteiger partial charge on any atom is 0.150 e. The van der Waals surface area contributed by atoms with Crippen molar-refractivity contribution in [2.45, 2.75) is 32.7 Å². The predicted octanol–water partition coefficient (Wildman–Crippen LogP) is 3.78. The lowest BCUT2D eigenvalue weighted by atomic mass is 10.1. The summed E-state index contributed by atoms with van der Waals surface area (Å²) in [4.78, 5) is 12.8. The van der Waals surface area contributed by atoms with E-state index in [1.807, 2.05) is 13.1 Å². The largest absolute Gasteiger partial charge is 0.370 e. The molecule has 1 rings (SSSR count). The van der Waals surface area contributed by atoms with Gasteiger partial charge in [0.05, 0.1) is 10.7 Å². The maximum absolute atomic E-state index is 10.6. The van der Waals surface area contributed by atoms with E-state index in [0.717, 1.165) is 24.8 Å². The monoisotopic (exact) mass is 239 g/mol. The molecule has 0 unspecified atom stereocenters. The Morgan fingerprint density at radius 2 is 2.00 bits per heavy atom. The molecule has 3 heteroatoms. The summed E-state index contributed by atoms with van der Waals surface area (Å²) < 4.78 is 0. The smallest absolute Gasteiger partial charge is 0.150 e. The first-order chi connectivity index (χ1) is 7.63. The topological polar surface area (TPSA) is 20.3 Å². The van der Waals surface area contributed by atoms with Crippen molar-refractivity contribution in [2.24, 2.45) is 0 Å². The molecular formula is C13H18ClNO. The van der Waals surface area contributed by atoms with Crippen molar-refractivity contribution in [2.75, 3.05) is 11.9 Å². The second-order valence-electron chi connectivity index (χ2n) is 3.91. The van der Waals surface area contributed by atoms with Crippen LogP contribution in [-0.2, 0) is 0 Å². The van der Waals surface area contributed by atoms with Crippen LogP contribution in [0.2, 0.25) is 5.02 Å². The normalized spacial score (nSPS) is 10.6. The molecule has 0 aliphatic rings. The zero-order valence-electron chi connectivity index (χ0n) is 10.0. The van der Waals surface area contributed by atoms with E-state index in [1.54, 1.807) is 12.1 Å². The summed E-state index contributed by atoms with van der Waals surface area (Å²) in [5.41, 5.74) is 1.60. The lowest BCUT2D eigenvalue weighted by Gasteiger charge is -2.29. The van der Waals surface area contributed by atoms with Gasteiger partial charge in [-0.3, -0.25) is 4.79 Å². The molecule has 0 bridgehead atoms. The molecule has 0 amide bonds. The minimum absolute atomic E-state index is 0.486. The minimum Gasteiger partial charge on any atom is -0.370 e. The van der Waals surface area contributed by atoms with Crippen molar-refractivity contribution in [3.05, 3.63) is 28.8 Å². The van der Waals surface area contributed by atoms with Crippen molar-refractivity contribution >= 4 is 23.6 Å². The third-order valence-corrected chi connectivity index (χ3v) is 3.28. The molecule has 2 nitrogen and oxygen atoms in total. The number of anilines is 1. The van der Waals surface area contributed by atoms with Crippen molar-refractivity contribution in [1.29, 1.82) is 0 Å². The number of benzene rings is 1. The van der Waals surface area contributed by atoms with E-state index in [-0.39, 0.29) is 0 Å². The van der Waals surface area contributed by atoms with Crippen LogP contribution in [0, 0.1) is 0 Å². The average molecular weight is 240 g/mol. The van der Waals surface area contributed by atoms with Gasteiger partial charge in [-0.2, -0.15) is 0 Å².